The minimum atomic E-state index is -0.827. The lowest BCUT2D eigenvalue weighted by atomic mass is 10.0. The highest BCUT2D eigenvalue weighted by atomic mass is 16.5. The van der Waals surface area contributed by atoms with E-state index < -0.39 is 23.9 Å². The first-order chi connectivity index (χ1) is 14.8. The number of ether oxygens (including phenoxy) is 3. The Morgan fingerprint density at radius 1 is 0.935 bits per heavy atom. The number of methoxy groups -OCH3 is 3. The van der Waals surface area contributed by atoms with Gasteiger partial charge in [0.1, 0.15) is 11.7 Å². The van der Waals surface area contributed by atoms with Crippen LogP contribution in [0.4, 0.5) is 5.69 Å². The smallest absolute Gasteiger partial charge is 0.355 e. The van der Waals surface area contributed by atoms with Gasteiger partial charge in [-0.1, -0.05) is 18.2 Å². The number of hydrogen-bond donors (Lipinski definition) is 1. The van der Waals surface area contributed by atoms with Crippen molar-refractivity contribution in [2.75, 3.05) is 26.2 Å². The van der Waals surface area contributed by atoms with Gasteiger partial charge in [0.05, 0.1) is 26.9 Å². The topological polar surface area (TPSA) is 111 Å². The van der Waals surface area contributed by atoms with Crippen LogP contribution in [0.15, 0.2) is 60.0 Å². The van der Waals surface area contributed by atoms with Crippen LogP contribution in [-0.4, -0.2) is 51.2 Å². The number of allylic oxidation sites excluding steroid dienone is 2. The maximum Gasteiger partial charge on any atom is 0.355 e. The highest BCUT2D eigenvalue weighted by Gasteiger charge is 2.27. The normalized spacial score (nSPS) is 13.9. The van der Waals surface area contributed by atoms with Crippen molar-refractivity contribution in [3.63, 3.8) is 0 Å². The quantitative estimate of drug-likeness (QED) is 0.512. The molecule has 1 heterocycles. The summed E-state index contributed by atoms with van der Waals surface area (Å²) in [6.07, 6.45) is 6.57. The number of hydrogen-bond acceptors (Lipinski definition) is 8. The van der Waals surface area contributed by atoms with E-state index in [1.165, 1.54) is 39.2 Å². The Morgan fingerprint density at radius 3 is 2.13 bits per heavy atom. The fourth-order valence-corrected chi connectivity index (χ4v) is 2.97. The average molecular weight is 428 g/mol. The lowest BCUT2D eigenvalue weighted by molar-refractivity contribution is -0.144. The van der Waals surface area contributed by atoms with Crippen LogP contribution in [0.1, 0.15) is 12.5 Å². The van der Waals surface area contributed by atoms with Crippen LogP contribution in [0.25, 0.3) is 0 Å². The molecule has 0 spiro atoms. The third kappa shape index (κ3) is 5.81. The van der Waals surface area contributed by atoms with E-state index in [0.717, 1.165) is 5.56 Å². The lowest BCUT2D eigenvalue weighted by Crippen LogP contribution is -2.41. The van der Waals surface area contributed by atoms with E-state index in [9.17, 15) is 19.2 Å². The van der Waals surface area contributed by atoms with Crippen LogP contribution in [0.2, 0.25) is 0 Å². The molecule has 0 bridgehead atoms. The first kappa shape index (κ1) is 23.4. The van der Waals surface area contributed by atoms with Crippen molar-refractivity contribution in [3.05, 3.63) is 65.5 Å². The molecule has 1 aliphatic heterocycles. The van der Waals surface area contributed by atoms with Gasteiger partial charge >= 0.3 is 17.9 Å². The van der Waals surface area contributed by atoms with Crippen LogP contribution < -0.4 is 10.2 Å². The fourth-order valence-electron chi connectivity index (χ4n) is 2.97. The summed E-state index contributed by atoms with van der Waals surface area (Å²) in [5.74, 6) is -2.30. The molecule has 1 amide bonds. The molecule has 1 aromatic carbocycles. The molecule has 0 saturated carbocycles. The number of rotatable bonds is 7. The van der Waals surface area contributed by atoms with Crippen molar-refractivity contribution in [1.82, 2.24) is 5.32 Å². The minimum absolute atomic E-state index is 0.00205. The van der Waals surface area contributed by atoms with E-state index in [0.29, 0.717) is 5.69 Å². The van der Waals surface area contributed by atoms with E-state index in [-0.39, 0.29) is 23.6 Å². The van der Waals surface area contributed by atoms with Gasteiger partial charge in [0.2, 0.25) is 5.91 Å². The first-order valence-corrected chi connectivity index (χ1v) is 9.31. The molecule has 1 atom stereocenters. The predicted octanol–water partition coefficient (Wildman–Crippen LogP) is 1.40. The summed E-state index contributed by atoms with van der Waals surface area (Å²) in [5.41, 5.74) is 1.36. The second-order valence-corrected chi connectivity index (χ2v) is 6.46. The molecule has 9 heteroatoms. The zero-order valence-corrected chi connectivity index (χ0v) is 17.7. The molecule has 1 unspecified atom stereocenters. The Kier molecular flexibility index (Phi) is 8.13. The molecule has 0 saturated heterocycles. The summed E-state index contributed by atoms with van der Waals surface area (Å²) in [5, 5.41) is 2.56. The zero-order valence-electron chi connectivity index (χ0n) is 17.7. The SMILES string of the molecule is COC(=O)C1=C(C(=O)OC)N(c2ccc(CC(NC(C)=O)C(=O)OC)cc2)C=CC=C1. The molecule has 2 rings (SSSR count). The van der Waals surface area contributed by atoms with Gasteiger partial charge in [-0.3, -0.25) is 4.79 Å². The molecule has 31 heavy (non-hydrogen) atoms. The number of carbonyl (C=O) groups is 4. The maximum absolute atomic E-state index is 12.5. The predicted molar refractivity (Wildman–Crippen MR) is 112 cm³/mol. The van der Waals surface area contributed by atoms with E-state index in [1.807, 2.05) is 0 Å². The van der Waals surface area contributed by atoms with E-state index in [4.69, 9.17) is 14.2 Å². The highest BCUT2D eigenvalue weighted by molar-refractivity contribution is 6.05. The molecule has 0 fully saturated rings. The molecular formula is C22H24N2O7. The molecule has 1 aliphatic rings. The number of benzene rings is 1. The number of esters is 3. The van der Waals surface area contributed by atoms with Crippen LogP contribution >= 0.6 is 0 Å². The van der Waals surface area contributed by atoms with Crippen LogP contribution in [0, 0.1) is 0 Å². The van der Waals surface area contributed by atoms with E-state index >= 15 is 0 Å². The summed E-state index contributed by atoms with van der Waals surface area (Å²) < 4.78 is 14.4. The van der Waals surface area contributed by atoms with Gasteiger partial charge in [0, 0.05) is 25.2 Å². The minimum Gasteiger partial charge on any atom is -0.467 e. The van der Waals surface area contributed by atoms with Gasteiger partial charge in [-0.05, 0) is 29.8 Å². The Bertz CT molecular complexity index is 945. The van der Waals surface area contributed by atoms with Crippen molar-refractivity contribution in [3.8, 4) is 0 Å². The zero-order chi connectivity index (χ0) is 23.0. The summed E-state index contributed by atoms with van der Waals surface area (Å²) in [6.45, 7) is 1.32. The number of anilines is 1. The first-order valence-electron chi connectivity index (χ1n) is 9.31. The standard InChI is InChI=1S/C22H24N2O7/c1-14(25)23-18(21(27)30-3)13-15-8-10-16(11-9-15)24-12-6-5-7-17(20(26)29-2)19(24)22(28)31-4/h5-12,18H,13H2,1-4H3,(H,23,25). The Morgan fingerprint density at radius 2 is 1.58 bits per heavy atom. The Hall–Kier alpha value is -3.88. The largest absolute Gasteiger partial charge is 0.467 e. The third-order valence-corrected chi connectivity index (χ3v) is 4.41. The van der Waals surface area contributed by atoms with Crippen molar-refractivity contribution < 1.29 is 33.4 Å². The van der Waals surface area contributed by atoms with E-state index in [2.05, 4.69) is 5.32 Å². The van der Waals surface area contributed by atoms with E-state index in [1.54, 1.807) is 42.6 Å². The number of nitrogens with one attached hydrogen (secondary N) is 1. The van der Waals surface area contributed by atoms with Crippen molar-refractivity contribution in [2.45, 2.75) is 19.4 Å². The fraction of sp³-hybridized carbons (Fsp3) is 0.273. The van der Waals surface area contributed by atoms with Crippen molar-refractivity contribution in [2.24, 2.45) is 0 Å². The van der Waals surface area contributed by atoms with Gasteiger partial charge in [-0.15, -0.1) is 0 Å². The molecule has 1 aromatic rings. The Balaban J connectivity index is 2.39. The van der Waals surface area contributed by atoms with Gasteiger partial charge < -0.3 is 24.4 Å². The second-order valence-electron chi connectivity index (χ2n) is 6.46. The van der Waals surface area contributed by atoms with Gasteiger partial charge in [0.25, 0.3) is 0 Å². The third-order valence-electron chi connectivity index (χ3n) is 4.41. The van der Waals surface area contributed by atoms with Crippen LogP contribution in [0.5, 0.6) is 0 Å². The van der Waals surface area contributed by atoms with Crippen molar-refractivity contribution in [1.29, 1.82) is 0 Å². The number of nitrogens with zero attached hydrogens (tertiary/aromatic N) is 1. The van der Waals surface area contributed by atoms with Crippen molar-refractivity contribution >= 4 is 29.5 Å². The average Bonchev–Trinajstić information content (AvgIpc) is 3.00. The summed E-state index contributed by atoms with van der Waals surface area (Å²) in [7, 11) is 3.70. The monoisotopic (exact) mass is 428 g/mol. The maximum atomic E-state index is 12.5. The molecule has 9 nitrogen and oxygen atoms in total. The second kappa shape index (κ2) is 10.8. The summed E-state index contributed by atoms with van der Waals surface area (Å²) >= 11 is 0. The van der Waals surface area contributed by atoms with Crippen LogP contribution in [-0.2, 0) is 39.8 Å². The number of amides is 1. The molecule has 0 radical (unpaired) electrons. The lowest BCUT2D eigenvalue weighted by Gasteiger charge is -2.23. The highest BCUT2D eigenvalue weighted by Crippen LogP contribution is 2.26. The van der Waals surface area contributed by atoms with Gasteiger partial charge in [-0.2, -0.15) is 0 Å². The molecular weight excluding hydrogens is 404 g/mol. The summed E-state index contributed by atoms with van der Waals surface area (Å²) in [6, 6.07) is 6.08. The Labute approximate surface area is 179 Å². The van der Waals surface area contributed by atoms with Gasteiger partial charge in [-0.25, -0.2) is 14.4 Å². The molecule has 0 aromatic heterocycles. The number of carbonyl (C=O) groups excluding carboxylic acids is 4. The molecule has 0 aliphatic carbocycles. The molecule has 164 valence electrons. The molecule has 1 N–H and O–H groups in total. The van der Waals surface area contributed by atoms with Crippen LogP contribution in [0.3, 0.4) is 0 Å². The summed E-state index contributed by atoms with van der Waals surface area (Å²) in [4.78, 5) is 49.5. The van der Waals surface area contributed by atoms with Gasteiger partial charge in [0.15, 0.2) is 0 Å².